The van der Waals surface area contributed by atoms with Crippen molar-refractivity contribution in [1.29, 1.82) is 5.26 Å². The van der Waals surface area contributed by atoms with Crippen LogP contribution >= 0.6 is 0 Å². The van der Waals surface area contributed by atoms with E-state index in [0.717, 1.165) is 36.6 Å². The third-order valence-corrected chi connectivity index (χ3v) is 3.83. The van der Waals surface area contributed by atoms with Crippen LogP contribution in [0.2, 0.25) is 0 Å². The van der Waals surface area contributed by atoms with Crippen LogP contribution in [-0.4, -0.2) is 19.7 Å². The van der Waals surface area contributed by atoms with Crippen molar-refractivity contribution in [3.05, 3.63) is 54.1 Å². The molecule has 0 aliphatic carbocycles. The van der Waals surface area contributed by atoms with E-state index in [4.69, 9.17) is 10.00 Å². The number of nitriles is 1. The Bertz CT molecular complexity index is 654. The van der Waals surface area contributed by atoms with Crippen LogP contribution in [0.1, 0.15) is 12.0 Å². The molecule has 1 atom stereocenters. The molecule has 0 radical (unpaired) electrons. The molecule has 1 aliphatic rings. The minimum Gasteiger partial charge on any atom is -0.493 e. The lowest BCUT2D eigenvalue weighted by Crippen LogP contribution is -2.15. The van der Waals surface area contributed by atoms with Crippen LogP contribution in [0.4, 0.5) is 0 Å². The zero-order valence-corrected chi connectivity index (χ0v) is 11.9. The van der Waals surface area contributed by atoms with Crippen LogP contribution in [0.5, 0.6) is 5.75 Å². The summed E-state index contributed by atoms with van der Waals surface area (Å²) in [5, 5.41) is 12.4. The molecule has 3 heteroatoms. The minimum atomic E-state index is 0.587. The van der Waals surface area contributed by atoms with Gasteiger partial charge in [0.1, 0.15) is 5.75 Å². The molecular formula is C18H18N2O. The summed E-state index contributed by atoms with van der Waals surface area (Å²) in [4.78, 5) is 0. The van der Waals surface area contributed by atoms with Crippen LogP contribution in [0.15, 0.2) is 48.5 Å². The summed E-state index contributed by atoms with van der Waals surface area (Å²) < 4.78 is 6.03. The highest BCUT2D eigenvalue weighted by Gasteiger charge is 2.16. The second kappa shape index (κ2) is 6.43. The third kappa shape index (κ3) is 3.24. The SMILES string of the molecule is N#Cc1cccc(-c2ccccc2OCC2CCNC2)c1. The van der Waals surface area contributed by atoms with Crippen molar-refractivity contribution in [2.45, 2.75) is 6.42 Å². The summed E-state index contributed by atoms with van der Waals surface area (Å²) in [5.41, 5.74) is 2.73. The van der Waals surface area contributed by atoms with E-state index in [-0.39, 0.29) is 0 Å². The number of nitrogens with one attached hydrogen (secondary N) is 1. The molecule has 3 rings (SSSR count). The van der Waals surface area contributed by atoms with Crippen LogP contribution in [0, 0.1) is 17.2 Å². The predicted octanol–water partition coefficient (Wildman–Crippen LogP) is 3.21. The fraction of sp³-hybridized carbons (Fsp3) is 0.278. The van der Waals surface area contributed by atoms with Crippen molar-refractivity contribution in [2.75, 3.05) is 19.7 Å². The van der Waals surface area contributed by atoms with Crippen molar-refractivity contribution < 1.29 is 4.74 Å². The fourth-order valence-corrected chi connectivity index (χ4v) is 2.65. The molecule has 0 spiro atoms. The number of hydrogen-bond donors (Lipinski definition) is 1. The smallest absolute Gasteiger partial charge is 0.127 e. The highest BCUT2D eigenvalue weighted by atomic mass is 16.5. The first-order valence-electron chi connectivity index (χ1n) is 7.30. The number of benzene rings is 2. The van der Waals surface area contributed by atoms with E-state index in [2.05, 4.69) is 11.4 Å². The van der Waals surface area contributed by atoms with Gasteiger partial charge >= 0.3 is 0 Å². The molecule has 0 aromatic heterocycles. The molecule has 3 nitrogen and oxygen atoms in total. The van der Waals surface area contributed by atoms with Gasteiger partial charge in [-0.1, -0.05) is 30.3 Å². The Morgan fingerprint density at radius 1 is 1.19 bits per heavy atom. The minimum absolute atomic E-state index is 0.587. The number of nitrogens with zero attached hydrogens (tertiary/aromatic N) is 1. The Labute approximate surface area is 125 Å². The van der Waals surface area contributed by atoms with Crippen LogP contribution in [0.25, 0.3) is 11.1 Å². The first-order chi connectivity index (χ1) is 10.4. The second-order valence-corrected chi connectivity index (χ2v) is 5.36. The van der Waals surface area contributed by atoms with Gasteiger partial charge < -0.3 is 10.1 Å². The first kappa shape index (κ1) is 13.7. The highest BCUT2D eigenvalue weighted by molar-refractivity contribution is 5.71. The third-order valence-electron chi connectivity index (χ3n) is 3.83. The molecule has 0 bridgehead atoms. The second-order valence-electron chi connectivity index (χ2n) is 5.36. The molecule has 1 fully saturated rings. The van der Waals surface area contributed by atoms with Crippen LogP contribution < -0.4 is 10.1 Å². The molecular weight excluding hydrogens is 260 g/mol. The Balaban J connectivity index is 1.83. The van der Waals surface area contributed by atoms with E-state index in [9.17, 15) is 0 Å². The molecule has 0 amide bonds. The Morgan fingerprint density at radius 2 is 2.10 bits per heavy atom. The van der Waals surface area contributed by atoms with Gasteiger partial charge in [0.05, 0.1) is 18.2 Å². The number of hydrogen-bond acceptors (Lipinski definition) is 3. The maximum Gasteiger partial charge on any atom is 0.127 e. The lowest BCUT2D eigenvalue weighted by atomic mass is 10.0. The van der Waals surface area contributed by atoms with Gasteiger partial charge in [-0.2, -0.15) is 5.26 Å². The average molecular weight is 278 g/mol. The van der Waals surface area contributed by atoms with Crippen molar-refractivity contribution >= 4 is 0 Å². The molecule has 1 unspecified atom stereocenters. The van der Waals surface area contributed by atoms with Gasteiger partial charge in [0, 0.05) is 18.0 Å². The average Bonchev–Trinajstić information content (AvgIpc) is 3.07. The lowest BCUT2D eigenvalue weighted by molar-refractivity contribution is 0.261. The lowest BCUT2D eigenvalue weighted by Gasteiger charge is -2.14. The zero-order chi connectivity index (χ0) is 14.5. The maximum absolute atomic E-state index is 9.04. The summed E-state index contributed by atoms with van der Waals surface area (Å²) in [7, 11) is 0. The Hall–Kier alpha value is -2.31. The number of rotatable bonds is 4. The molecule has 1 heterocycles. The van der Waals surface area contributed by atoms with E-state index in [1.54, 1.807) is 0 Å². The topological polar surface area (TPSA) is 45.0 Å². The van der Waals surface area contributed by atoms with E-state index in [1.807, 2.05) is 48.5 Å². The largest absolute Gasteiger partial charge is 0.493 e. The van der Waals surface area contributed by atoms with Gasteiger partial charge in [0.2, 0.25) is 0 Å². The summed E-state index contributed by atoms with van der Waals surface area (Å²) in [6.45, 7) is 2.86. The van der Waals surface area contributed by atoms with E-state index >= 15 is 0 Å². The zero-order valence-electron chi connectivity index (χ0n) is 11.9. The van der Waals surface area contributed by atoms with Gasteiger partial charge in [0.25, 0.3) is 0 Å². The van der Waals surface area contributed by atoms with Crippen molar-refractivity contribution in [2.24, 2.45) is 5.92 Å². The van der Waals surface area contributed by atoms with E-state index in [0.29, 0.717) is 11.5 Å². The van der Waals surface area contributed by atoms with Gasteiger partial charge in [-0.3, -0.25) is 0 Å². The summed E-state index contributed by atoms with van der Waals surface area (Å²) in [6, 6.07) is 17.8. The van der Waals surface area contributed by atoms with E-state index in [1.165, 1.54) is 6.42 Å². The van der Waals surface area contributed by atoms with E-state index < -0.39 is 0 Å². The molecule has 0 saturated carbocycles. The molecule has 2 aromatic carbocycles. The van der Waals surface area contributed by atoms with Gasteiger partial charge in [-0.05, 0) is 36.7 Å². The Morgan fingerprint density at radius 3 is 2.90 bits per heavy atom. The standard InChI is InChI=1S/C18H18N2O/c19-11-14-4-3-5-16(10-14)17-6-1-2-7-18(17)21-13-15-8-9-20-12-15/h1-7,10,15,20H,8-9,12-13H2. The number of ether oxygens (including phenoxy) is 1. The molecule has 1 saturated heterocycles. The van der Waals surface area contributed by atoms with Crippen LogP contribution in [-0.2, 0) is 0 Å². The molecule has 21 heavy (non-hydrogen) atoms. The van der Waals surface area contributed by atoms with Crippen molar-refractivity contribution in [1.82, 2.24) is 5.32 Å². The number of para-hydroxylation sites is 1. The van der Waals surface area contributed by atoms with Gasteiger partial charge in [-0.15, -0.1) is 0 Å². The van der Waals surface area contributed by atoms with Crippen LogP contribution in [0.3, 0.4) is 0 Å². The Kier molecular flexibility index (Phi) is 4.18. The summed E-state index contributed by atoms with van der Waals surface area (Å²) >= 11 is 0. The monoisotopic (exact) mass is 278 g/mol. The first-order valence-corrected chi connectivity index (χ1v) is 7.30. The predicted molar refractivity (Wildman–Crippen MR) is 83.1 cm³/mol. The molecule has 106 valence electrons. The molecule has 1 aliphatic heterocycles. The highest BCUT2D eigenvalue weighted by Crippen LogP contribution is 2.30. The maximum atomic E-state index is 9.04. The quantitative estimate of drug-likeness (QED) is 0.934. The van der Waals surface area contributed by atoms with Crippen molar-refractivity contribution in [3.63, 3.8) is 0 Å². The molecule has 1 N–H and O–H groups in total. The summed E-state index contributed by atoms with van der Waals surface area (Å²) in [5.74, 6) is 1.47. The van der Waals surface area contributed by atoms with Gasteiger partial charge in [0.15, 0.2) is 0 Å². The summed E-state index contributed by atoms with van der Waals surface area (Å²) in [6.07, 6.45) is 1.17. The van der Waals surface area contributed by atoms with Crippen molar-refractivity contribution in [3.8, 4) is 22.9 Å². The molecule has 2 aromatic rings. The van der Waals surface area contributed by atoms with Gasteiger partial charge in [-0.25, -0.2) is 0 Å². The fourth-order valence-electron chi connectivity index (χ4n) is 2.65. The normalized spacial score (nSPS) is 17.4.